The van der Waals surface area contributed by atoms with Crippen LogP contribution in [0.4, 0.5) is 39.5 Å². The van der Waals surface area contributed by atoms with Gasteiger partial charge in [0.25, 0.3) is 0 Å². The number of benzene rings is 3. The van der Waals surface area contributed by atoms with E-state index in [1.165, 1.54) is 0 Å². The number of hydrogen-bond donors (Lipinski definition) is 0. The zero-order chi connectivity index (χ0) is 18.4. The van der Waals surface area contributed by atoms with E-state index in [0.717, 1.165) is 0 Å². The highest BCUT2D eigenvalue weighted by atomic mass is 19.2. The molecule has 3 aromatic carbocycles. The van der Waals surface area contributed by atoms with Crippen LogP contribution in [0.5, 0.6) is 0 Å². The third-order valence-electron chi connectivity index (χ3n) is 4.08. The van der Waals surface area contributed by atoms with Gasteiger partial charge in [-0.05, 0) is 11.6 Å². The van der Waals surface area contributed by atoms with E-state index >= 15 is 0 Å². The molecule has 25 heavy (non-hydrogen) atoms. The first-order valence-electron chi connectivity index (χ1n) is 6.53. The molecule has 1 aliphatic carbocycles. The quantitative estimate of drug-likeness (QED) is 0.212. The summed E-state index contributed by atoms with van der Waals surface area (Å²) in [7, 11) is 0. The maximum Gasteiger partial charge on any atom is 0.198 e. The zero-order valence-electron chi connectivity index (χ0n) is 11.5. The Kier molecular flexibility index (Phi) is 2.96. The maximum absolute atomic E-state index is 14.1. The summed E-state index contributed by atoms with van der Waals surface area (Å²) in [5.41, 5.74) is -4.47. The van der Waals surface area contributed by atoms with E-state index in [9.17, 15) is 39.5 Å². The van der Waals surface area contributed by atoms with Gasteiger partial charge in [-0.2, -0.15) is 0 Å². The van der Waals surface area contributed by atoms with Crippen LogP contribution in [-0.4, -0.2) is 0 Å². The molecular formula is C16HF9. The van der Waals surface area contributed by atoms with Crippen molar-refractivity contribution in [3.63, 3.8) is 0 Å². The average Bonchev–Trinajstić information content (AvgIpc) is 2.91. The van der Waals surface area contributed by atoms with E-state index in [4.69, 9.17) is 0 Å². The highest BCUT2D eigenvalue weighted by Crippen LogP contribution is 2.53. The molecule has 3 aromatic rings. The van der Waals surface area contributed by atoms with Crippen LogP contribution >= 0.6 is 0 Å². The molecule has 0 bridgehead atoms. The number of rotatable bonds is 0. The van der Waals surface area contributed by atoms with E-state index < -0.39 is 85.4 Å². The van der Waals surface area contributed by atoms with Crippen LogP contribution in [0.2, 0.25) is 0 Å². The van der Waals surface area contributed by atoms with Crippen LogP contribution in [0.1, 0.15) is 0 Å². The van der Waals surface area contributed by atoms with Gasteiger partial charge in [-0.3, -0.25) is 0 Å². The molecule has 0 spiro atoms. The molecule has 1 aliphatic rings. The van der Waals surface area contributed by atoms with E-state index in [-0.39, 0.29) is 6.07 Å². The molecule has 128 valence electrons. The minimum Gasteiger partial charge on any atom is -0.204 e. The minimum atomic E-state index is -2.33. The first-order valence-corrected chi connectivity index (χ1v) is 6.53. The fourth-order valence-electron chi connectivity index (χ4n) is 3.07. The predicted molar refractivity (Wildman–Crippen MR) is 68.0 cm³/mol. The molecule has 0 unspecified atom stereocenters. The second-order valence-corrected chi connectivity index (χ2v) is 5.29. The summed E-state index contributed by atoms with van der Waals surface area (Å²) < 4.78 is 125. The average molecular weight is 364 g/mol. The zero-order valence-corrected chi connectivity index (χ0v) is 11.5. The van der Waals surface area contributed by atoms with E-state index in [0.29, 0.717) is 0 Å². The van der Waals surface area contributed by atoms with Gasteiger partial charge < -0.3 is 0 Å². The van der Waals surface area contributed by atoms with Crippen molar-refractivity contribution in [1.82, 2.24) is 0 Å². The van der Waals surface area contributed by atoms with Crippen LogP contribution in [0, 0.1) is 52.4 Å². The fraction of sp³-hybridized carbons (Fsp3) is 0. The highest BCUT2D eigenvalue weighted by molar-refractivity contribution is 6.16. The monoisotopic (exact) mass is 364 g/mol. The Morgan fingerprint density at radius 1 is 0.400 bits per heavy atom. The van der Waals surface area contributed by atoms with Crippen molar-refractivity contribution >= 4 is 10.8 Å². The lowest BCUT2D eigenvalue weighted by molar-refractivity contribution is 0.412. The summed E-state index contributed by atoms with van der Waals surface area (Å²) in [4.78, 5) is 0. The molecule has 0 fully saturated rings. The Hall–Kier alpha value is -2.71. The smallest absolute Gasteiger partial charge is 0.198 e. The Labute approximate surface area is 132 Å². The molecular weight excluding hydrogens is 363 g/mol. The summed E-state index contributed by atoms with van der Waals surface area (Å²) in [6.07, 6.45) is 0. The highest BCUT2D eigenvalue weighted by Gasteiger charge is 2.39. The molecule has 0 amide bonds. The van der Waals surface area contributed by atoms with Gasteiger partial charge in [-0.25, -0.2) is 39.5 Å². The number of fused-ring (bicyclic) bond motifs is 3. The van der Waals surface area contributed by atoms with Crippen molar-refractivity contribution in [2.75, 3.05) is 0 Å². The Morgan fingerprint density at radius 3 is 1.48 bits per heavy atom. The van der Waals surface area contributed by atoms with Crippen LogP contribution < -0.4 is 0 Å². The largest absolute Gasteiger partial charge is 0.204 e. The molecule has 0 heterocycles. The lowest BCUT2D eigenvalue weighted by Crippen LogP contribution is -2.02. The molecule has 4 rings (SSSR count). The van der Waals surface area contributed by atoms with Crippen LogP contribution in [0.3, 0.4) is 0 Å². The van der Waals surface area contributed by atoms with Gasteiger partial charge in [0.05, 0.1) is 5.39 Å². The molecule has 0 nitrogen and oxygen atoms in total. The molecule has 0 N–H and O–H groups in total. The van der Waals surface area contributed by atoms with Gasteiger partial charge in [0.2, 0.25) is 0 Å². The molecule has 0 saturated heterocycles. The number of halogens is 9. The van der Waals surface area contributed by atoms with Gasteiger partial charge in [0.1, 0.15) is 0 Å². The van der Waals surface area contributed by atoms with Crippen molar-refractivity contribution in [3.05, 3.63) is 58.4 Å². The lowest BCUT2D eigenvalue weighted by atomic mass is 10.0. The molecule has 0 radical (unpaired) electrons. The van der Waals surface area contributed by atoms with Gasteiger partial charge in [-0.1, -0.05) is 0 Å². The van der Waals surface area contributed by atoms with Gasteiger partial charge in [0.15, 0.2) is 52.4 Å². The Bertz CT molecular complexity index is 1130. The summed E-state index contributed by atoms with van der Waals surface area (Å²) in [6, 6.07) is 0.240. The summed E-state index contributed by atoms with van der Waals surface area (Å²) in [5.74, 6) is -19.0. The summed E-state index contributed by atoms with van der Waals surface area (Å²) in [6.45, 7) is 0. The van der Waals surface area contributed by atoms with E-state index in [2.05, 4.69) is 0 Å². The van der Waals surface area contributed by atoms with Gasteiger partial charge in [0, 0.05) is 22.1 Å². The van der Waals surface area contributed by atoms with E-state index in [1.54, 1.807) is 0 Å². The normalized spacial score (nSPS) is 12.2. The molecule has 9 heteroatoms. The van der Waals surface area contributed by atoms with Crippen molar-refractivity contribution in [1.29, 1.82) is 0 Å². The Balaban J connectivity index is 2.40. The summed E-state index contributed by atoms with van der Waals surface area (Å²) >= 11 is 0. The van der Waals surface area contributed by atoms with Crippen molar-refractivity contribution in [2.24, 2.45) is 0 Å². The molecule has 0 atom stereocenters. The van der Waals surface area contributed by atoms with Gasteiger partial charge in [-0.15, -0.1) is 0 Å². The van der Waals surface area contributed by atoms with Crippen LogP contribution in [0.25, 0.3) is 33.0 Å². The van der Waals surface area contributed by atoms with Crippen molar-refractivity contribution in [2.45, 2.75) is 0 Å². The Morgan fingerprint density at radius 2 is 0.880 bits per heavy atom. The van der Waals surface area contributed by atoms with Gasteiger partial charge >= 0.3 is 0 Å². The second kappa shape index (κ2) is 4.68. The third-order valence-corrected chi connectivity index (χ3v) is 4.08. The first-order chi connectivity index (χ1) is 11.7. The van der Waals surface area contributed by atoms with Crippen LogP contribution in [-0.2, 0) is 0 Å². The minimum absolute atomic E-state index is 0.240. The van der Waals surface area contributed by atoms with Crippen molar-refractivity contribution < 1.29 is 39.5 Å². The third kappa shape index (κ3) is 1.65. The van der Waals surface area contributed by atoms with Crippen LogP contribution in [0.15, 0.2) is 6.07 Å². The fourth-order valence-corrected chi connectivity index (χ4v) is 3.07. The second-order valence-electron chi connectivity index (χ2n) is 5.29. The maximum atomic E-state index is 14.1. The van der Waals surface area contributed by atoms with E-state index in [1.807, 2.05) is 0 Å². The molecule has 0 aromatic heterocycles. The molecule has 0 saturated carbocycles. The summed E-state index contributed by atoms with van der Waals surface area (Å²) in [5, 5.41) is -2.34. The first kappa shape index (κ1) is 15.8. The van der Waals surface area contributed by atoms with Crippen molar-refractivity contribution in [3.8, 4) is 22.3 Å². The number of hydrogen-bond acceptors (Lipinski definition) is 0. The standard InChI is InChI=1S/C16HF9/c17-3-1-2-4-6(11(20)14(23)13(22)8(4)9(3)18)7-5(2)10(19)15(24)16(25)12(7)21/h1H. The lowest BCUT2D eigenvalue weighted by Gasteiger charge is -2.09. The SMILES string of the molecule is Fc1cc2c3c(c(F)c(F)c(F)c3c1F)-c1c(F)c(F)c(F)c(F)c1-2. The topological polar surface area (TPSA) is 0 Å². The molecule has 0 aliphatic heterocycles. The predicted octanol–water partition coefficient (Wildman–Crippen LogP) is 5.74.